The number of carbonyl (C=O) groups is 1. The van der Waals surface area contributed by atoms with Gasteiger partial charge in [0.15, 0.2) is 0 Å². The predicted octanol–water partition coefficient (Wildman–Crippen LogP) is 2.60. The molecule has 2 aromatic rings. The number of nitrogens with one attached hydrogen (secondary N) is 1. The summed E-state index contributed by atoms with van der Waals surface area (Å²) in [6.45, 7) is 0.190. The van der Waals surface area contributed by atoms with Crippen LogP contribution in [-0.2, 0) is 6.54 Å². The van der Waals surface area contributed by atoms with E-state index >= 15 is 0 Å². The Morgan fingerprint density at radius 1 is 1.05 bits per heavy atom. The standard InChI is InChI=1S/C14H11F2NO2/c15-10-3-1-9(2-4-10)8-17-14(19)12-6-5-11(16)7-13(12)18/h1-7,18H,8H2,(H,17,19). The highest BCUT2D eigenvalue weighted by Gasteiger charge is 2.11. The van der Waals surface area contributed by atoms with E-state index in [1.54, 1.807) is 12.1 Å². The van der Waals surface area contributed by atoms with Gasteiger partial charge in [-0.1, -0.05) is 12.1 Å². The molecule has 19 heavy (non-hydrogen) atoms. The summed E-state index contributed by atoms with van der Waals surface area (Å²) < 4.78 is 25.5. The maximum Gasteiger partial charge on any atom is 0.255 e. The van der Waals surface area contributed by atoms with Crippen molar-refractivity contribution in [2.24, 2.45) is 0 Å². The van der Waals surface area contributed by atoms with Gasteiger partial charge in [-0.2, -0.15) is 0 Å². The first-order valence-electron chi connectivity index (χ1n) is 5.57. The van der Waals surface area contributed by atoms with Crippen molar-refractivity contribution in [2.45, 2.75) is 6.54 Å². The van der Waals surface area contributed by atoms with E-state index in [4.69, 9.17) is 0 Å². The summed E-state index contributed by atoms with van der Waals surface area (Å²) in [5, 5.41) is 12.0. The van der Waals surface area contributed by atoms with Crippen LogP contribution in [0.4, 0.5) is 8.78 Å². The largest absolute Gasteiger partial charge is 0.507 e. The third kappa shape index (κ3) is 3.28. The van der Waals surface area contributed by atoms with Crippen LogP contribution in [0.1, 0.15) is 15.9 Å². The maximum atomic E-state index is 12.8. The first kappa shape index (κ1) is 13.0. The lowest BCUT2D eigenvalue weighted by Gasteiger charge is -2.07. The zero-order chi connectivity index (χ0) is 13.8. The van der Waals surface area contributed by atoms with E-state index < -0.39 is 17.5 Å². The summed E-state index contributed by atoms with van der Waals surface area (Å²) in [5.41, 5.74) is 0.708. The van der Waals surface area contributed by atoms with Crippen LogP contribution >= 0.6 is 0 Å². The Hall–Kier alpha value is -2.43. The van der Waals surface area contributed by atoms with Gasteiger partial charge in [-0.05, 0) is 29.8 Å². The molecule has 0 saturated carbocycles. The fraction of sp³-hybridized carbons (Fsp3) is 0.0714. The second-order valence-corrected chi connectivity index (χ2v) is 3.97. The number of benzene rings is 2. The van der Waals surface area contributed by atoms with Crippen LogP contribution in [0, 0.1) is 11.6 Å². The van der Waals surface area contributed by atoms with E-state index in [2.05, 4.69) is 5.32 Å². The predicted molar refractivity (Wildman–Crippen MR) is 65.6 cm³/mol. The smallest absolute Gasteiger partial charge is 0.255 e. The molecule has 0 bridgehead atoms. The average Bonchev–Trinajstić information content (AvgIpc) is 2.37. The third-order valence-electron chi connectivity index (χ3n) is 2.57. The molecular formula is C14H11F2NO2. The number of hydrogen-bond acceptors (Lipinski definition) is 2. The highest BCUT2D eigenvalue weighted by atomic mass is 19.1. The van der Waals surface area contributed by atoms with Crippen molar-refractivity contribution >= 4 is 5.91 Å². The topological polar surface area (TPSA) is 49.3 Å². The van der Waals surface area contributed by atoms with Crippen LogP contribution in [0.15, 0.2) is 42.5 Å². The quantitative estimate of drug-likeness (QED) is 0.894. The molecule has 0 aromatic heterocycles. The normalized spacial score (nSPS) is 10.2. The van der Waals surface area contributed by atoms with Gasteiger partial charge in [0.05, 0.1) is 5.56 Å². The van der Waals surface area contributed by atoms with Gasteiger partial charge in [-0.3, -0.25) is 4.79 Å². The molecule has 0 aliphatic heterocycles. The number of halogens is 2. The number of amides is 1. The van der Waals surface area contributed by atoms with Gasteiger partial charge in [-0.15, -0.1) is 0 Å². The van der Waals surface area contributed by atoms with Gasteiger partial charge in [0, 0.05) is 12.6 Å². The number of rotatable bonds is 3. The van der Waals surface area contributed by atoms with Crippen LogP contribution < -0.4 is 5.32 Å². The van der Waals surface area contributed by atoms with Crippen molar-refractivity contribution in [3.8, 4) is 5.75 Å². The fourth-order valence-electron chi connectivity index (χ4n) is 1.58. The first-order valence-corrected chi connectivity index (χ1v) is 5.57. The third-order valence-corrected chi connectivity index (χ3v) is 2.57. The van der Waals surface area contributed by atoms with Gasteiger partial charge in [0.2, 0.25) is 0 Å². The fourth-order valence-corrected chi connectivity index (χ4v) is 1.58. The number of phenolic OH excluding ortho intramolecular Hbond substituents is 1. The van der Waals surface area contributed by atoms with Crippen molar-refractivity contribution in [2.75, 3.05) is 0 Å². The SMILES string of the molecule is O=C(NCc1ccc(F)cc1)c1ccc(F)cc1O. The summed E-state index contributed by atoms with van der Waals surface area (Å²) in [6, 6.07) is 8.82. The molecule has 0 fully saturated rings. The molecule has 3 nitrogen and oxygen atoms in total. The van der Waals surface area contributed by atoms with Crippen LogP contribution in [0.2, 0.25) is 0 Å². The van der Waals surface area contributed by atoms with Crippen molar-refractivity contribution in [1.29, 1.82) is 0 Å². The van der Waals surface area contributed by atoms with Crippen molar-refractivity contribution < 1.29 is 18.7 Å². The minimum absolute atomic E-state index is 0.0106. The molecule has 0 aliphatic carbocycles. The molecule has 0 heterocycles. The van der Waals surface area contributed by atoms with Crippen LogP contribution in [0.25, 0.3) is 0 Å². The highest BCUT2D eigenvalue weighted by Crippen LogP contribution is 2.17. The Balaban J connectivity index is 2.03. The Kier molecular flexibility index (Phi) is 3.75. The molecule has 5 heteroatoms. The minimum atomic E-state index is -0.618. The van der Waals surface area contributed by atoms with Gasteiger partial charge >= 0.3 is 0 Å². The number of phenols is 1. The molecule has 0 unspecified atom stereocenters. The molecule has 98 valence electrons. The second-order valence-electron chi connectivity index (χ2n) is 3.97. The lowest BCUT2D eigenvalue weighted by atomic mass is 10.1. The Bertz CT molecular complexity index is 597. The number of hydrogen-bond donors (Lipinski definition) is 2. The van der Waals surface area contributed by atoms with E-state index in [0.717, 1.165) is 17.7 Å². The maximum absolute atomic E-state index is 12.8. The van der Waals surface area contributed by atoms with E-state index in [9.17, 15) is 18.7 Å². The molecule has 0 spiro atoms. The van der Waals surface area contributed by atoms with E-state index in [1.165, 1.54) is 18.2 Å². The van der Waals surface area contributed by atoms with Gasteiger partial charge in [-0.25, -0.2) is 8.78 Å². The first-order chi connectivity index (χ1) is 9.06. The lowest BCUT2D eigenvalue weighted by molar-refractivity contribution is 0.0948. The van der Waals surface area contributed by atoms with Crippen LogP contribution in [0.3, 0.4) is 0 Å². The highest BCUT2D eigenvalue weighted by molar-refractivity contribution is 5.96. The Labute approximate surface area is 108 Å². The number of carbonyl (C=O) groups excluding carboxylic acids is 1. The molecule has 0 aliphatic rings. The van der Waals surface area contributed by atoms with E-state index in [1.807, 2.05) is 0 Å². The molecule has 0 atom stereocenters. The van der Waals surface area contributed by atoms with Gasteiger partial charge in [0.25, 0.3) is 5.91 Å². The minimum Gasteiger partial charge on any atom is -0.507 e. The summed E-state index contributed by atoms with van der Waals surface area (Å²) in [7, 11) is 0. The van der Waals surface area contributed by atoms with Crippen LogP contribution in [-0.4, -0.2) is 11.0 Å². The molecule has 1 amide bonds. The zero-order valence-corrected chi connectivity index (χ0v) is 9.86. The van der Waals surface area contributed by atoms with Crippen molar-refractivity contribution in [3.05, 3.63) is 65.2 Å². The number of aromatic hydroxyl groups is 1. The summed E-state index contributed by atoms with van der Waals surface area (Å²) in [6.07, 6.45) is 0. The van der Waals surface area contributed by atoms with Gasteiger partial charge < -0.3 is 10.4 Å². The van der Waals surface area contributed by atoms with Crippen molar-refractivity contribution in [3.63, 3.8) is 0 Å². The van der Waals surface area contributed by atoms with Gasteiger partial charge in [0.1, 0.15) is 17.4 Å². The monoisotopic (exact) mass is 263 g/mol. The Morgan fingerprint density at radius 2 is 1.68 bits per heavy atom. The summed E-state index contributed by atoms with van der Waals surface area (Å²) in [4.78, 5) is 11.7. The van der Waals surface area contributed by atoms with E-state index in [0.29, 0.717) is 0 Å². The molecule has 0 radical (unpaired) electrons. The zero-order valence-electron chi connectivity index (χ0n) is 9.86. The average molecular weight is 263 g/mol. The molecule has 2 aromatic carbocycles. The second kappa shape index (κ2) is 5.48. The Morgan fingerprint density at radius 3 is 2.32 bits per heavy atom. The molecule has 0 saturated heterocycles. The lowest BCUT2D eigenvalue weighted by Crippen LogP contribution is -2.22. The molecule has 2 rings (SSSR count). The van der Waals surface area contributed by atoms with E-state index in [-0.39, 0.29) is 17.9 Å². The summed E-state index contributed by atoms with van der Waals surface area (Å²) in [5.74, 6) is -1.92. The van der Waals surface area contributed by atoms with Crippen LogP contribution in [0.5, 0.6) is 5.75 Å². The molecule has 2 N–H and O–H groups in total. The summed E-state index contributed by atoms with van der Waals surface area (Å²) >= 11 is 0. The van der Waals surface area contributed by atoms with Crippen molar-refractivity contribution in [1.82, 2.24) is 5.32 Å². The molecular weight excluding hydrogens is 252 g/mol.